The lowest BCUT2D eigenvalue weighted by atomic mass is 9.83. The summed E-state index contributed by atoms with van der Waals surface area (Å²) in [4.78, 5) is 12.0. The zero-order chi connectivity index (χ0) is 16.2. The Kier molecular flexibility index (Phi) is 2.94. The number of fused-ring (bicyclic) bond motifs is 3. The second kappa shape index (κ2) is 4.78. The summed E-state index contributed by atoms with van der Waals surface area (Å²) in [7, 11) is 0. The van der Waals surface area contributed by atoms with E-state index in [1.165, 1.54) is 12.1 Å². The van der Waals surface area contributed by atoms with Crippen LogP contribution in [0, 0.1) is 22.1 Å². The summed E-state index contributed by atoms with van der Waals surface area (Å²) in [6.45, 7) is 3.95. The molecule has 2 saturated carbocycles. The van der Waals surface area contributed by atoms with Crippen molar-refractivity contribution in [1.29, 1.82) is 0 Å². The van der Waals surface area contributed by atoms with Crippen LogP contribution in [-0.4, -0.2) is 21.1 Å². The largest absolute Gasteiger partial charge is 0.425 e. The fraction of sp³-hybridized carbons (Fsp3) is 0.438. The van der Waals surface area contributed by atoms with Crippen molar-refractivity contribution in [1.82, 2.24) is 9.83 Å². The van der Waals surface area contributed by atoms with Crippen molar-refractivity contribution in [2.75, 3.05) is 5.32 Å². The van der Waals surface area contributed by atoms with Gasteiger partial charge in [0, 0.05) is 6.04 Å². The third-order valence-electron chi connectivity index (χ3n) is 5.38. The predicted octanol–water partition coefficient (Wildman–Crippen LogP) is 2.48. The molecule has 1 aromatic heterocycles. The molecule has 1 heterocycles. The van der Waals surface area contributed by atoms with Gasteiger partial charge in [0.05, 0.1) is 16.1 Å². The van der Waals surface area contributed by atoms with Crippen LogP contribution in [0.15, 0.2) is 30.9 Å². The van der Waals surface area contributed by atoms with Gasteiger partial charge in [0.1, 0.15) is 5.82 Å². The quantitative estimate of drug-likeness (QED) is 0.518. The van der Waals surface area contributed by atoms with Gasteiger partial charge in [0.15, 0.2) is 10.1 Å². The molecule has 2 N–H and O–H groups in total. The molecule has 2 aliphatic rings. The van der Waals surface area contributed by atoms with Gasteiger partial charge < -0.3 is 10.5 Å². The van der Waals surface area contributed by atoms with Crippen LogP contribution in [0.5, 0.6) is 0 Å². The minimum absolute atomic E-state index is 0.0199. The third-order valence-corrected chi connectivity index (χ3v) is 5.38. The van der Waals surface area contributed by atoms with E-state index in [0.29, 0.717) is 10.5 Å². The molecule has 6 nitrogen and oxygen atoms in total. The van der Waals surface area contributed by atoms with E-state index in [-0.39, 0.29) is 28.4 Å². The average Bonchev–Trinajstić information content (AvgIpc) is 3.11. The van der Waals surface area contributed by atoms with E-state index in [1.54, 1.807) is 0 Å². The Morgan fingerprint density at radius 1 is 1.52 bits per heavy atom. The summed E-state index contributed by atoms with van der Waals surface area (Å²) < 4.78 is 14.4. The van der Waals surface area contributed by atoms with E-state index in [9.17, 15) is 14.5 Å². The summed E-state index contributed by atoms with van der Waals surface area (Å²) in [5.74, 6) is 0.0142. The monoisotopic (exact) mass is 317 g/mol. The highest BCUT2D eigenvalue weighted by molar-refractivity contribution is 5.72. The van der Waals surface area contributed by atoms with Crippen molar-refractivity contribution in [3.63, 3.8) is 0 Å². The first-order valence-corrected chi connectivity index (χ1v) is 7.76. The number of allylic oxidation sites excluding steroid dienone is 1. The van der Waals surface area contributed by atoms with E-state index >= 15 is 0 Å². The summed E-state index contributed by atoms with van der Waals surface area (Å²) in [5.41, 5.74) is 0.352. The highest BCUT2D eigenvalue weighted by atomic mass is 19.1. The highest BCUT2D eigenvalue weighted by Gasteiger charge is 2.49. The smallest absolute Gasteiger partial charge is 0.325 e. The molecule has 3 atom stereocenters. The summed E-state index contributed by atoms with van der Waals surface area (Å²) >= 11 is 0. The van der Waals surface area contributed by atoms with E-state index in [0.717, 1.165) is 36.5 Å². The van der Waals surface area contributed by atoms with Gasteiger partial charge in [0.25, 0.3) is 0 Å². The lowest BCUT2D eigenvalue weighted by Gasteiger charge is -2.27. The maximum atomic E-state index is 13.3. The molecule has 7 heteroatoms. The molecule has 0 saturated heterocycles. The fourth-order valence-electron chi connectivity index (χ4n) is 4.15. The summed E-state index contributed by atoms with van der Waals surface area (Å²) in [5, 5.41) is 17.3. The molecule has 2 bridgehead atoms. The first-order chi connectivity index (χ1) is 11.0. The first kappa shape index (κ1) is 14.2. The van der Waals surface area contributed by atoms with Crippen LogP contribution >= 0.6 is 0 Å². The van der Waals surface area contributed by atoms with Crippen molar-refractivity contribution in [3.05, 3.63) is 41.6 Å². The van der Waals surface area contributed by atoms with Gasteiger partial charge >= 0.3 is 11.5 Å². The van der Waals surface area contributed by atoms with Crippen molar-refractivity contribution < 1.29 is 14.1 Å². The molecular formula is C16H18FN4O2+. The number of rotatable bonds is 3. The Balaban J connectivity index is 1.71. The van der Waals surface area contributed by atoms with Crippen LogP contribution in [0.2, 0.25) is 0 Å². The predicted molar refractivity (Wildman–Crippen MR) is 82.2 cm³/mol. The molecule has 2 fully saturated rings. The summed E-state index contributed by atoms with van der Waals surface area (Å²) in [6.07, 6.45) is 6.28. The van der Waals surface area contributed by atoms with E-state index in [1.807, 2.05) is 6.08 Å². The second-order valence-corrected chi connectivity index (χ2v) is 6.67. The maximum Gasteiger partial charge on any atom is 0.325 e. The van der Waals surface area contributed by atoms with Crippen molar-refractivity contribution >= 4 is 17.0 Å². The Hall–Kier alpha value is -2.44. The number of nitrogens with zero attached hydrogens (tertiary/aromatic N) is 3. The minimum Gasteiger partial charge on any atom is -0.425 e. The van der Waals surface area contributed by atoms with Gasteiger partial charge in [-0.05, 0) is 49.1 Å². The maximum absolute atomic E-state index is 13.3. The topological polar surface area (TPSA) is 73.0 Å². The van der Waals surface area contributed by atoms with E-state index in [2.05, 4.69) is 17.0 Å². The molecule has 3 unspecified atom stereocenters. The number of halogens is 1. The second-order valence-electron chi connectivity index (χ2n) is 6.67. The standard InChI is InChI=1S/C16H18FN4O2/c1-2-16-6-5-10(8-16)12(9-16)18-15-19-21(23)14-7-11(17)3-4-13(14)20(15)22/h2-4,7,10,12,22H,1,5-6,8-9H2,(H,18,19,23)/q+1. The van der Waals surface area contributed by atoms with Gasteiger partial charge in [-0.1, -0.05) is 6.08 Å². The molecule has 2 aromatic rings. The highest BCUT2D eigenvalue weighted by Crippen LogP contribution is 2.55. The molecule has 0 amide bonds. The van der Waals surface area contributed by atoms with E-state index < -0.39 is 5.82 Å². The van der Waals surface area contributed by atoms with Crippen LogP contribution in [0.25, 0.3) is 11.0 Å². The van der Waals surface area contributed by atoms with Gasteiger partial charge in [-0.3, -0.25) is 0 Å². The Morgan fingerprint density at radius 3 is 3.09 bits per heavy atom. The zero-order valence-electron chi connectivity index (χ0n) is 12.6. The van der Waals surface area contributed by atoms with Crippen molar-refractivity contribution in [2.24, 2.45) is 11.3 Å². The van der Waals surface area contributed by atoms with Gasteiger partial charge in [-0.15, -0.1) is 11.3 Å². The van der Waals surface area contributed by atoms with Crippen molar-refractivity contribution in [3.8, 4) is 0 Å². The number of hydrogen-bond acceptors (Lipinski definition) is 4. The van der Waals surface area contributed by atoms with Gasteiger partial charge in [-0.25, -0.2) is 4.39 Å². The molecule has 23 heavy (non-hydrogen) atoms. The number of aromatic nitrogens is 3. The average molecular weight is 317 g/mol. The molecule has 1 aromatic carbocycles. The normalized spacial score (nSPS) is 29.1. The molecule has 4 rings (SSSR count). The summed E-state index contributed by atoms with van der Waals surface area (Å²) in [6, 6.07) is 3.75. The Bertz CT molecular complexity index is 865. The number of nitrogens with one attached hydrogen (secondary N) is 1. The zero-order valence-corrected chi connectivity index (χ0v) is 12.6. The third kappa shape index (κ3) is 2.10. The van der Waals surface area contributed by atoms with Gasteiger partial charge in [0.2, 0.25) is 0 Å². The molecule has 2 aliphatic carbocycles. The Labute approximate surface area is 131 Å². The van der Waals surface area contributed by atoms with Crippen molar-refractivity contribution in [2.45, 2.75) is 31.7 Å². The lowest BCUT2D eigenvalue weighted by Crippen LogP contribution is -2.33. The van der Waals surface area contributed by atoms with Crippen LogP contribution in [0.1, 0.15) is 25.7 Å². The molecule has 120 valence electrons. The molecule has 0 spiro atoms. The van der Waals surface area contributed by atoms with Crippen LogP contribution in [-0.2, 0) is 0 Å². The fourth-order valence-corrected chi connectivity index (χ4v) is 4.15. The SMILES string of the molecule is C=CC12CCC(C1)C(Nc1n[n+](=O)c3cc(F)ccc3n1O)C2. The molecular weight excluding hydrogens is 299 g/mol. The molecule has 0 aliphatic heterocycles. The molecule has 0 radical (unpaired) electrons. The number of hydrogen-bond donors (Lipinski definition) is 2. The minimum atomic E-state index is -0.550. The van der Waals surface area contributed by atoms with Gasteiger partial charge in [-0.2, -0.15) is 0 Å². The Morgan fingerprint density at radius 2 is 2.35 bits per heavy atom. The van der Waals surface area contributed by atoms with Crippen LogP contribution in [0.4, 0.5) is 10.3 Å². The number of benzene rings is 1. The van der Waals surface area contributed by atoms with Crippen LogP contribution in [0.3, 0.4) is 0 Å². The van der Waals surface area contributed by atoms with Crippen LogP contribution < -0.4 is 9.86 Å². The number of anilines is 1. The first-order valence-electron chi connectivity index (χ1n) is 7.76. The lowest BCUT2D eigenvalue weighted by molar-refractivity contribution is -0.535. The van der Waals surface area contributed by atoms with E-state index in [4.69, 9.17) is 0 Å².